The molecule has 62 valence electrons. The van der Waals surface area contributed by atoms with Crippen molar-refractivity contribution in [1.29, 1.82) is 0 Å². The lowest BCUT2D eigenvalue weighted by Crippen LogP contribution is -1.79. The molecule has 0 N–H and O–H groups in total. The summed E-state index contributed by atoms with van der Waals surface area (Å²) >= 11 is 3.37. The van der Waals surface area contributed by atoms with Crippen LogP contribution in [0.5, 0.6) is 0 Å². The summed E-state index contributed by atoms with van der Waals surface area (Å²) in [5.41, 5.74) is 2.04. The van der Waals surface area contributed by atoms with E-state index in [1.165, 1.54) is 0 Å². The summed E-state index contributed by atoms with van der Waals surface area (Å²) in [4.78, 5) is 10.2. The second-order valence-electron chi connectivity index (χ2n) is 2.50. The summed E-state index contributed by atoms with van der Waals surface area (Å²) in [6, 6.07) is 7.86. The first-order chi connectivity index (χ1) is 5.74. The molecule has 1 rings (SSSR count). The van der Waals surface area contributed by atoms with E-state index in [0.29, 0.717) is 0 Å². The quantitative estimate of drug-likeness (QED) is 0.558. The highest BCUT2D eigenvalue weighted by molar-refractivity contribution is 9.10. The van der Waals surface area contributed by atoms with E-state index in [2.05, 4.69) is 15.9 Å². The minimum Gasteiger partial charge on any atom is -0.299 e. The van der Waals surface area contributed by atoms with Crippen molar-refractivity contribution in [3.8, 4) is 0 Å². The molecule has 0 heterocycles. The predicted octanol–water partition coefficient (Wildman–Crippen LogP) is 3.05. The smallest absolute Gasteiger partial charge is 0.143 e. The van der Waals surface area contributed by atoms with Gasteiger partial charge in [-0.1, -0.05) is 28.1 Å². The van der Waals surface area contributed by atoms with E-state index in [0.717, 1.165) is 21.9 Å². The molecule has 1 nitrogen and oxygen atoms in total. The molecule has 0 unspecified atom stereocenters. The lowest BCUT2D eigenvalue weighted by Gasteiger charge is -1.99. The standard InChI is InChI=1S/C10H9BrO/c1-8(5-6-12)9-3-2-4-10(11)7-9/h2-7H,1H3/b8-5-. The summed E-state index contributed by atoms with van der Waals surface area (Å²) in [5.74, 6) is 0. The van der Waals surface area contributed by atoms with E-state index in [4.69, 9.17) is 0 Å². The molecule has 0 aliphatic rings. The average Bonchev–Trinajstić information content (AvgIpc) is 2.05. The zero-order valence-corrected chi connectivity index (χ0v) is 8.34. The summed E-state index contributed by atoms with van der Waals surface area (Å²) < 4.78 is 1.03. The van der Waals surface area contributed by atoms with Gasteiger partial charge in [0.1, 0.15) is 6.29 Å². The third-order valence-electron chi connectivity index (χ3n) is 1.60. The first-order valence-corrected chi connectivity index (χ1v) is 4.41. The van der Waals surface area contributed by atoms with Crippen LogP contribution >= 0.6 is 15.9 Å². The second-order valence-corrected chi connectivity index (χ2v) is 3.41. The molecule has 0 atom stereocenters. The molecule has 1 aromatic carbocycles. The van der Waals surface area contributed by atoms with E-state index in [1.54, 1.807) is 6.08 Å². The van der Waals surface area contributed by atoms with Crippen molar-refractivity contribution in [2.45, 2.75) is 6.92 Å². The average molecular weight is 225 g/mol. The maximum absolute atomic E-state index is 10.2. The molecule has 0 aliphatic heterocycles. The lowest BCUT2D eigenvalue weighted by molar-refractivity contribution is -0.104. The number of rotatable bonds is 2. The first-order valence-electron chi connectivity index (χ1n) is 3.62. The predicted molar refractivity (Wildman–Crippen MR) is 53.9 cm³/mol. The number of hydrogen-bond acceptors (Lipinski definition) is 1. The second kappa shape index (κ2) is 4.21. The molecule has 0 bridgehead atoms. The van der Waals surface area contributed by atoms with Crippen molar-refractivity contribution < 1.29 is 4.79 Å². The monoisotopic (exact) mass is 224 g/mol. The van der Waals surface area contributed by atoms with Gasteiger partial charge in [-0.05, 0) is 36.3 Å². The van der Waals surface area contributed by atoms with Crippen LogP contribution in [0.25, 0.3) is 5.57 Å². The third kappa shape index (κ3) is 2.31. The Morgan fingerprint density at radius 3 is 2.83 bits per heavy atom. The van der Waals surface area contributed by atoms with Gasteiger partial charge in [0.05, 0.1) is 0 Å². The zero-order valence-electron chi connectivity index (χ0n) is 6.75. The maximum Gasteiger partial charge on any atom is 0.143 e. The van der Waals surface area contributed by atoms with Crippen LogP contribution in [0, 0.1) is 0 Å². The Labute approximate surface area is 80.2 Å². The third-order valence-corrected chi connectivity index (χ3v) is 2.09. The van der Waals surface area contributed by atoms with Gasteiger partial charge < -0.3 is 0 Å². The van der Waals surface area contributed by atoms with E-state index >= 15 is 0 Å². The Hall–Kier alpha value is -0.890. The molecule has 0 saturated carbocycles. The van der Waals surface area contributed by atoms with E-state index in [-0.39, 0.29) is 0 Å². The molecule has 0 amide bonds. The van der Waals surface area contributed by atoms with Gasteiger partial charge in [-0.3, -0.25) is 4.79 Å². The van der Waals surface area contributed by atoms with Crippen LogP contribution < -0.4 is 0 Å². The molecule has 1 aromatic rings. The Morgan fingerprint density at radius 1 is 1.50 bits per heavy atom. The molecule has 0 saturated heterocycles. The van der Waals surface area contributed by atoms with Crippen molar-refractivity contribution in [2.75, 3.05) is 0 Å². The number of allylic oxidation sites excluding steroid dienone is 2. The molecule has 0 fully saturated rings. The molecular formula is C10H9BrO. The fourth-order valence-electron chi connectivity index (χ4n) is 0.932. The van der Waals surface area contributed by atoms with Gasteiger partial charge in [-0.15, -0.1) is 0 Å². The number of carbonyl (C=O) groups excluding carboxylic acids is 1. The van der Waals surface area contributed by atoms with Crippen LogP contribution in [-0.2, 0) is 4.79 Å². The van der Waals surface area contributed by atoms with Crippen molar-refractivity contribution in [3.63, 3.8) is 0 Å². The number of halogens is 1. The molecular weight excluding hydrogens is 216 g/mol. The highest BCUT2D eigenvalue weighted by Crippen LogP contribution is 2.17. The number of hydrogen-bond donors (Lipinski definition) is 0. The Balaban J connectivity index is 3.03. The van der Waals surface area contributed by atoms with Crippen LogP contribution in [0.2, 0.25) is 0 Å². The lowest BCUT2D eigenvalue weighted by atomic mass is 10.1. The van der Waals surface area contributed by atoms with Crippen molar-refractivity contribution in [1.82, 2.24) is 0 Å². The van der Waals surface area contributed by atoms with Crippen LogP contribution in [0.15, 0.2) is 34.8 Å². The highest BCUT2D eigenvalue weighted by Gasteiger charge is 1.94. The number of benzene rings is 1. The minimum atomic E-state index is 0.802. The Kier molecular flexibility index (Phi) is 3.23. The van der Waals surface area contributed by atoms with Gasteiger partial charge in [-0.25, -0.2) is 0 Å². The van der Waals surface area contributed by atoms with Crippen LogP contribution in [0.3, 0.4) is 0 Å². The Morgan fingerprint density at radius 2 is 2.25 bits per heavy atom. The Bertz CT molecular complexity index is 315. The molecule has 0 radical (unpaired) electrons. The molecule has 2 heteroatoms. The van der Waals surface area contributed by atoms with Crippen molar-refractivity contribution in [2.24, 2.45) is 0 Å². The van der Waals surface area contributed by atoms with E-state index in [9.17, 15) is 4.79 Å². The van der Waals surface area contributed by atoms with Gasteiger partial charge >= 0.3 is 0 Å². The normalized spacial score (nSPS) is 11.3. The summed E-state index contributed by atoms with van der Waals surface area (Å²) in [7, 11) is 0. The van der Waals surface area contributed by atoms with Gasteiger partial charge in [0.25, 0.3) is 0 Å². The van der Waals surface area contributed by atoms with E-state index in [1.807, 2.05) is 31.2 Å². The van der Waals surface area contributed by atoms with Crippen molar-refractivity contribution >= 4 is 27.8 Å². The zero-order chi connectivity index (χ0) is 8.97. The summed E-state index contributed by atoms with van der Waals surface area (Å²) in [5, 5.41) is 0. The minimum absolute atomic E-state index is 0.802. The largest absolute Gasteiger partial charge is 0.299 e. The molecule has 0 aliphatic carbocycles. The van der Waals surface area contributed by atoms with Crippen molar-refractivity contribution in [3.05, 3.63) is 40.4 Å². The fourth-order valence-corrected chi connectivity index (χ4v) is 1.33. The van der Waals surface area contributed by atoms with Gasteiger partial charge in [0.2, 0.25) is 0 Å². The first kappa shape index (κ1) is 9.20. The van der Waals surface area contributed by atoms with Crippen LogP contribution in [0.1, 0.15) is 12.5 Å². The molecule has 12 heavy (non-hydrogen) atoms. The SMILES string of the molecule is C/C(=C/C=O)c1cccc(Br)c1. The number of aldehydes is 1. The van der Waals surface area contributed by atoms with E-state index < -0.39 is 0 Å². The number of carbonyl (C=O) groups is 1. The molecule has 0 aromatic heterocycles. The highest BCUT2D eigenvalue weighted by atomic mass is 79.9. The van der Waals surface area contributed by atoms with Gasteiger partial charge in [0, 0.05) is 4.47 Å². The maximum atomic E-state index is 10.2. The van der Waals surface area contributed by atoms with Crippen LogP contribution in [0.4, 0.5) is 0 Å². The topological polar surface area (TPSA) is 17.1 Å². The van der Waals surface area contributed by atoms with Crippen LogP contribution in [-0.4, -0.2) is 6.29 Å². The fraction of sp³-hybridized carbons (Fsp3) is 0.100. The summed E-state index contributed by atoms with van der Waals surface area (Å²) in [6.45, 7) is 1.91. The van der Waals surface area contributed by atoms with Gasteiger partial charge in [0.15, 0.2) is 0 Å². The molecule has 0 spiro atoms. The summed E-state index contributed by atoms with van der Waals surface area (Å²) in [6.07, 6.45) is 2.36. The van der Waals surface area contributed by atoms with Gasteiger partial charge in [-0.2, -0.15) is 0 Å².